The van der Waals surface area contributed by atoms with Crippen LogP contribution < -0.4 is 15.2 Å². The van der Waals surface area contributed by atoms with Crippen LogP contribution in [0.3, 0.4) is 0 Å². The summed E-state index contributed by atoms with van der Waals surface area (Å²) in [7, 11) is 0. The molecule has 0 saturated carbocycles. The van der Waals surface area contributed by atoms with Gasteiger partial charge < -0.3 is 19.9 Å². The standard InChI is InChI=1S/C20H17N3O12S/c21-19(36)12-5-7-13(8-6-12)32-16(24)9-10-17(25)33-15-4-2-1-3-14(15)20(26)31-11-18(34-22(27)28)35-23(29)30/h1-8,18H,9-11H2,(H2,21,36). The van der Waals surface area contributed by atoms with Crippen molar-refractivity contribution in [3.05, 3.63) is 79.9 Å². The Balaban J connectivity index is 1.91. The summed E-state index contributed by atoms with van der Waals surface area (Å²) in [6, 6.07) is 11.3. The van der Waals surface area contributed by atoms with E-state index in [1.54, 1.807) is 12.1 Å². The molecule has 0 amide bonds. The van der Waals surface area contributed by atoms with Gasteiger partial charge in [-0.25, -0.2) is 4.79 Å². The van der Waals surface area contributed by atoms with Crippen LogP contribution in [0.1, 0.15) is 28.8 Å². The zero-order valence-electron chi connectivity index (χ0n) is 18.1. The van der Waals surface area contributed by atoms with Gasteiger partial charge in [-0.3, -0.25) is 19.3 Å². The molecule has 0 unspecified atom stereocenters. The lowest BCUT2D eigenvalue weighted by Crippen LogP contribution is -2.29. The molecule has 16 heteroatoms. The van der Waals surface area contributed by atoms with Gasteiger partial charge in [0.05, 0.1) is 12.8 Å². The Morgan fingerprint density at radius 1 is 0.889 bits per heavy atom. The molecule has 0 bridgehead atoms. The van der Waals surface area contributed by atoms with Crippen LogP contribution in [0.5, 0.6) is 11.5 Å². The third-order valence-electron chi connectivity index (χ3n) is 3.99. The van der Waals surface area contributed by atoms with Crippen LogP contribution >= 0.6 is 12.2 Å². The number of esters is 3. The summed E-state index contributed by atoms with van der Waals surface area (Å²) in [6.07, 6.45) is -2.88. The first-order chi connectivity index (χ1) is 17.0. The number of hydrogen-bond acceptors (Lipinski definition) is 13. The summed E-state index contributed by atoms with van der Waals surface area (Å²) in [5.41, 5.74) is 5.78. The van der Waals surface area contributed by atoms with Gasteiger partial charge in [-0.15, -0.1) is 20.2 Å². The summed E-state index contributed by atoms with van der Waals surface area (Å²) < 4.78 is 14.9. The molecule has 2 aromatic rings. The van der Waals surface area contributed by atoms with Gasteiger partial charge in [0, 0.05) is 5.56 Å². The number of nitrogens with two attached hydrogens (primary N) is 1. The van der Waals surface area contributed by atoms with Crippen LogP contribution in [0, 0.1) is 20.2 Å². The van der Waals surface area contributed by atoms with E-state index < -0.39 is 47.4 Å². The van der Waals surface area contributed by atoms with Crippen molar-refractivity contribution < 1.29 is 48.4 Å². The van der Waals surface area contributed by atoms with E-state index in [1.165, 1.54) is 36.4 Å². The summed E-state index contributed by atoms with van der Waals surface area (Å²) >= 11 is 4.83. The van der Waals surface area contributed by atoms with Crippen molar-refractivity contribution in [2.24, 2.45) is 5.73 Å². The molecule has 2 aromatic carbocycles. The molecular weight excluding hydrogens is 506 g/mol. The molecule has 0 aliphatic rings. The number of nitrogens with zero attached hydrogens (tertiary/aromatic N) is 2. The van der Waals surface area contributed by atoms with Crippen LogP contribution in [0.4, 0.5) is 0 Å². The van der Waals surface area contributed by atoms with E-state index in [-0.39, 0.29) is 28.5 Å². The molecule has 0 radical (unpaired) electrons. The van der Waals surface area contributed by atoms with E-state index in [4.69, 9.17) is 32.2 Å². The predicted octanol–water partition coefficient (Wildman–Crippen LogP) is 1.51. The molecule has 0 atom stereocenters. The van der Waals surface area contributed by atoms with Gasteiger partial charge in [0.2, 0.25) is 0 Å². The predicted molar refractivity (Wildman–Crippen MR) is 120 cm³/mol. The highest BCUT2D eigenvalue weighted by atomic mass is 32.1. The van der Waals surface area contributed by atoms with Gasteiger partial charge in [0.15, 0.2) is 0 Å². The first kappa shape index (κ1) is 27.4. The Hall–Kier alpha value is -4.86. The summed E-state index contributed by atoms with van der Waals surface area (Å²) in [5.74, 6) is -2.81. The number of benzene rings is 2. The SMILES string of the molecule is NC(=S)c1ccc(OC(=O)CCC(=O)Oc2ccccc2C(=O)OCC(O[N+](=O)[O-])O[N+](=O)[O-])cc1. The number of carbonyl (C=O) groups excluding carboxylic acids is 3. The Morgan fingerprint density at radius 2 is 1.44 bits per heavy atom. The quantitative estimate of drug-likeness (QED) is 0.0985. The average Bonchev–Trinajstić information content (AvgIpc) is 2.81. The van der Waals surface area contributed by atoms with Crippen LogP contribution in [0.15, 0.2) is 48.5 Å². The Morgan fingerprint density at radius 3 is 2.00 bits per heavy atom. The summed E-state index contributed by atoms with van der Waals surface area (Å²) in [5, 5.41) is 18.0. The maximum absolute atomic E-state index is 12.3. The lowest BCUT2D eigenvalue weighted by Gasteiger charge is -2.14. The Kier molecular flexibility index (Phi) is 9.99. The molecule has 0 aliphatic carbocycles. The first-order valence-corrected chi connectivity index (χ1v) is 10.2. The van der Waals surface area contributed by atoms with Gasteiger partial charge >= 0.3 is 17.9 Å². The normalized spacial score (nSPS) is 10.1. The third kappa shape index (κ3) is 9.18. The highest BCUT2D eigenvalue weighted by molar-refractivity contribution is 7.80. The van der Waals surface area contributed by atoms with Crippen molar-refractivity contribution in [3.8, 4) is 11.5 Å². The molecule has 0 fully saturated rings. The Bertz CT molecular complexity index is 1140. The highest BCUT2D eigenvalue weighted by Crippen LogP contribution is 2.20. The minimum Gasteiger partial charge on any atom is -0.457 e. The van der Waals surface area contributed by atoms with Crippen LogP contribution in [-0.2, 0) is 24.0 Å². The molecule has 0 heterocycles. The van der Waals surface area contributed by atoms with Gasteiger partial charge in [-0.1, -0.05) is 24.4 Å². The number of hydrogen-bond donors (Lipinski definition) is 1. The zero-order valence-corrected chi connectivity index (χ0v) is 18.9. The fraction of sp³-hybridized carbons (Fsp3) is 0.200. The van der Waals surface area contributed by atoms with Crippen molar-refractivity contribution in [3.63, 3.8) is 0 Å². The number of carbonyl (C=O) groups is 3. The molecule has 36 heavy (non-hydrogen) atoms. The fourth-order valence-electron chi connectivity index (χ4n) is 2.47. The first-order valence-electron chi connectivity index (χ1n) is 9.75. The number of rotatable bonds is 13. The molecule has 0 saturated heterocycles. The second kappa shape index (κ2) is 13.1. The second-order valence-corrected chi connectivity index (χ2v) is 6.96. The van der Waals surface area contributed by atoms with Gasteiger partial charge in [0.25, 0.3) is 16.5 Å². The van der Waals surface area contributed by atoms with E-state index in [1.807, 2.05) is 0 Å². The van der Waals surface area contributed by atoms with E-state index in [0.29, 0.717) is 5.56 Å². The summed E-state index contributed by atoms with van der Waals surface area (Å²) in [4.78, 5) is 65.2. The maximum Gasteiger partial charge on any atom is 0.342 e. The van der Waals surface area contributed by atoms with E-state index >= 15 is 0 Å². The maximum atomic E-state index is 12.3. The van der Waals surface area contributed by atoms with Crippen LogP contribution in [-0.4, -0.2) is 46.0 Å². The number of thiocarbonyl (C=S) groups is 1. The van der Waals surface area contributed by atoms with Crippen molar-refractivity contribution in [2.45, 2.75) is 19.1 Å². The molecular formula is C20H17N3O12S. The molecule has 0 aliphatic heterocycles. The van der Waals surface area contributed by atoms with Crippen molar-refractivity contribution in [1.82, 2.24) is 0 Å². The minimum atomic E-state index is -2.14. The monoisotopic (exact) mass is 523 g/mol. The minimum absolute atomic E-state index is 0.175. The average molecular weight is 523 g/mol. The molecule has 190 valence electrons. The molecule has 0 aromatic heterocycles. The molecule has 15 nitrogen and oxygen atoms in total. The molecule has 2 N–H and O–H groups in total. The van der Waals surface area contributed by atoms with Gasteiger partial charge in [-0.2, -0.15) is 0 Å². The van der Waals surface area contributed by atoms with E-state index in [2.05, 4.69) is 9.68 Å². The number of ether oxygens (including phenoxy) is 3. The van der Waals surface area contributed by atoms with E-state index in [9.17, 15) is 34.6 Å². The van der Waals surface area contributed by atoms with Crippen molar-refractivity contribution in [2.75, 3.05) is 6.61 Å². The lowest BCUT2D eigenvalue weighted by molar-refractivity contribution is -0.851. The topological polar surface area (TPSA) is 210 Å². The third-order valence-corrected chi connectivity index (χ3v) is 4.23. The second-order valence-electron chi connectivity index (χ2n) is 6.52. The lowest BCUT2D eigenvalue weighted by atomic mass is 10.2. The number of para-hydroxylation sites is 1. The van der Waals surface area contributed by atoms with Crippen LogP contribution in [0.25, 0.3) is 0 Å². The van der Waals surface area contributed by atoms with Crippen LogP contribution in [0.2, 0.25) is 0 Å². The highest BCUT2D eigenvalue weighted by Gasteiger charge is 2.23. The summed E-state index contributed by atoms with van der Waals surface area (Å²) in [6.45, 7) is -1.02. The Labute approximate surface area is 206 Å². The zero-order chi connectivity index (χ0) is 26.7. The van der Waals surface area contributed by atoms with Gasteiger partial charge in [0.1, 0.15) is 28.7 Å². The van der Waals surface area contributed by atoms with Gasteiger partial charge in [-0.05, 0) is 36.4 Å². The fourth-order valence-corrected chi connectivity index (χ4v) is 2.60. The largest absolute Gasteiger partial charge is 0.457 e. The van der Waals surface area contributed by atoms with Crippen molar-refractivity contribution >= 4 is 35.1 Å². The van der Waals surface area contributed by atoms with Crippen molar-refractivity contribution in [1.29, 1.82) is 0 Å². The molecule has 2 rings (SSSR count). The van der Waals surface area contributed by atoms with E-state index in [0.717, 1.165) is 0 Å². The smallest absolute Gasteiger partial charge is 0.342 e. The molecule has 0 spiro atoms.